The third-order valence-electron chi connectivity index (χ3n) is 4.54. The van der Waals surface area contributed by atoms with E-state index < -0.39 is 21.9 Å². The summed E-state index contributed by atoms with van der Waals surface area (Å²) in [6, 6.07) is 11.4. The van der Waals surface area contributed by atoms with Crippen LogP contribution in [0.4, 0.5) is 4.39 Å². The predicted molar refractivity (Wildman–Crippen MR) is 100 cm³/mol. The number of nitrogens with zero attached hydrogens (tertiary/aromatic N) is 2. The van der Waals surface area contributed by atoms with Crippen LogP contribution >= 0.6 is 0 Å². The second kappa shape index (κ2) is 7.75. The summed E-state index contributed by atoms with van der Waals surface area (Å²) in [6.07, 6.45) is 0. The van der Waals surface area contributed by atoms with Crippen LogP contribution in [0.2, 0.25) is 0 Å². The summed E-state index contributed by atoms with van der Waals surface area (Å²) < 4.78 is 41.4. The highest BCUT2D eigenvalue weighted by molar-refractivity contribution is 7.89. The van der Waals surface area contributed by atoms with E-state index in [1.165, 1.54) is 45.6 Å². The number of hydrogen-bond acceptors (Lipinski definition) is 4. The van der Waals surface area contributed by atoms with E-state index >= 15 is 0 Å². The molecule has 2 aromatic carbocycles. The van der Waals surface area contributed by atoms with Crippen LogP contribution in [-0.4, -0.2) is 57.3 Å². The number of piperazine rings is 1. The van der Waals surface area contributed by atoms with E-state index in [0.717, 1.165) is 0 Å². The number of nitrogens with one attached hydrogen (secondary N) is 1. The molecule has 144 valence electrons. The summed E-state index contributed by atoms with van der Waals surface area (Å²) in [5.74, 6) is -0.597. The summed E-state index contributed by atoms with van der Waals surface area (Å²) in [4.78, 5) is 13.5. The molecular weight excluding hydrogens is 369 g/mol. The van der Waals surface area contributed by atoms with E-state index in [4.69, 9.17) is 0 Å². The van der Waals surface area contributed by atoms with Crippen molar-refractivity contribution < 1.29 is 17.6 Å². The molecule has 0 aliphatic carbocycles. The van der Waals surface area contributed by atoms with Gasteiger partial charge in [-0.05, 0) is 42.0 Å². The Balaban J connectivity index is 1.93. The molecule has 1 unspecified atom stereocenters. The molecule has 27 heavy (non-hydrogen) atoms. The molecule has 0 spiro atoms. The number of sulfonamides is 1. The maximum atomic E-state index is 13.6. The Morgan fingerprint density at radius 3 is 2.52 bits per heavy atom. The number of halogens is 1. The minimum Gasteiger partial charge on any atom is -0.345 e. The quantitative estimate of drug-likeness (QED) is 0.864. The molecule has 1 amide bonds. The number of carbonyl (C=O) groups excluding carboxylic acids is 1. The van der Waals surface area contributed by atoms with Gasteiger partial charge in [0.25, 0.3) is 5.91 Å². The lowest BCUT2D eigenvalue weighted by molar-refractivity contribution is 0.0827. The minimum absolute atomic E-state index is 0.112. The van der Waals surface area contributed by atoms with Crippen LogP contribution in [0.15, 0.2) is 53.4 Å². The van der Waals surface area contributed by atoms with Crippen LogP contribution in [0.5, 0.6) is 0 Å². The van der Waals surface area contributed by atoms with Gasteiger partial charge in [0.15, 0.2) is 0 Å². The van der Waals surface area contributed by atoms with Gasteiger partial charge in [-0.2, -0.15) is 4.31 Å². The molecule has 6 nitrogen and oxygen atoms in total. The van der Waals surface area contributed by atoms with E-state index in [2.05, 4.69) is 5.32 Å². The molecule has 0 radical (unpaired) electrons. The molecule has 0 bridgehead atoms. The van der Waals surface area contributed by atoms with Crippen molar-refractivity contribution in [3.63, 3.8) is 0 Å². The van der Waals surface area contributed by atoms with Gasteiger partial charge in [0.2, 0.25) is 10.0 Å². The first-order valence-corrected chi connectivity index (χ1v) is 10.0. The average molecular weight is 391 g/mol. The van der Waals surface area contributed by atoms with Gasteiger partial charge >= 0.3 is 0 Å². The summed E-state index contributed by atoms with van der Waals surface area (Å²) in [6.45, 7) is 1.20. The van der Waals surface area contributed by atoms with Gasteiger partial charge in [0, 0.05) is 39.3 Å². The highest BCUT2D eigenvalue weighted by Gasteiger charge is 2.34. The van der Waals surface area contributed by atoms with E-state index in [-0.39, 0.29) is 17.3 Å². The van der Waals surface area contributed by atoms with Crippen molar-refractivity contribution in [2.45, 2.75) is 10.9 Å². The molecule has 8 heteroatoms. The largest absolute Gasteiger partial charge is 0.345 e. The van der Waals surface area contributed by atoms with Crippen molar-refractivity contribution in [2.24, 2.45) is 0 Å². The van der Waals surface area contributed by atoms with Gasteiger partial charge in [0.1, 0.15) is 5.82 Å². The summed E-state index contributed by atoms with van der Waals surface area (Å²) in [5, 5.41) is 3.16. The monoisotopic (exact) mass is 391 g/mol. The lowest BCUT2D eigenvalue weighted by Gasteiger charge is -2.35. The van der Waals surface area contributed by atoms with E-state index in [0.29, 0.717) is 24.2 Å². The molecule has 1 saturated heterocycles. The van der Waals surface area contributed by atoms with Crippen LogP contribution < -0.4 is 5.32 Å². The van der Waals surface area contributed by atoms with Crippen LogP contribution in [0.1, 0.15) is 22.0 Å². The number of rotatable bonds is 4. The number of carbonyl (C=O) groups is 1. The van der Waals surface area contributed by atoms with Crippen LogP contribution in [0.3, 0.4) is 0 Å². The number of benzene rings is 2. The molecule has 1 fully saturated rings. The highest BCUT2D eigenvalue weighted by Crippen LogP contribution is 2.29. The summed E-state index contributed by atoms with van der Waals surface area (Å²) in [7, 11) is -0.516. The third-order valence-corrected chi connectivity index (χ3v) is 6.46. The smallest absolute Gasteiger partial charge is 0.253 e. The van der Waals surface area contributed by atoms with E-state index in [9.17, 15) is 17.6 Å². The van der Waals surface area contributed by atoms with Crippen LogP contribution in [0.25, 0.3) is 0 Å². The van der Waals surface area contributed by atoms with Crippen molar-refractivity contribution in [3.05, 3.63) is 65.5 Å². The van der Waals surface area contributed by atoms with Gasteiger partial charge in [-0.25, -0.2) is 12.8 Å². The highest BCUT2D eigenvalue weighted by atomic mass is 32.2. The van der Waals surface area contributed by atoms with Crippen molar-refractivity contribution >= 4 is 15.9 Å². The van der Waals surface area contributed by atoms with Crippen LogP contribution in [0, 0.1) is 5.82 Å². The second-order valence-corrected chi connectivity index (χ2v) is 8.51. The standard InChI is InChI=1S/C19H22FN3O3S/c1-22(2)19(24)14-6-8-17(9-7-14)27(25,26)23-11-10-21-13-18(23)15-4-3-5-16(20)12-15/h3-9,12,18,21H,10-11,13H2,1-2H3. The van der Waals surface area contributed by atoms with Crippen molar-refractivity contribution in [2.75, 3.05) is 33.7 Å². The van der Waals surface area contributed by atoms with Crippen molar-refractivity contribution in [1.82, 2.24) is 14.5 Å². The fourth-order valence-electron chi connectivity index (χ4n) is 3.13. The maximum Gasteiger partial charge on any atom is 0.253 e. The topological polar surface area (TPSA) is 69.7 Å². The third kappa shape index (κ3) is 4.02. The lowest BCUT2D eigenvalue weighted by Crippen LogP contribution is -2.48. The van der Waals surface area contributed by atoms with Gasteiger partial charge in [-0.1, -0.05) is 12.1 Å². The Labute approximate surface area is 158 Å². The van der Waals surface area contributed by atoms with Crippen molar-refractivity contribution in [3.8, 4) is 0 Å². The maximum absolute atomic E-state index is 13.6. The molecule has 1 heterocycles. The molecule has 1 N–H and O–H groups in total. The Morgan fingerprint density at radius 1 is 1.19 bits per heavy atom. The Kier molecular flexibility index (Phi) is 5.59. The molecular formula is C19H22FN3O3S. The van der Waals surface area contributed by atoms with Crippen molar-refractivity contribution in [1.29, 1.82) is 0 Å². The number of amides is 1. The minimum atomic E-state index is -3.79. The predicted octanol–water partition coefficient (Wildman–Crippen LogP) is 1.86. The van der Waals surface area contributed by atoms with Gasteiger partial charge < -0.3 is 10.2 Å². The lowest BCUT2D eigenvalue weighted by atomic mass is 10.1. The molecule has 0 aromatic heterocycles. The Morgan fingerprint density at radius 2 is 1.89 bits per heavy atom. The van der Waals surface area contributed by atoms with E-state index in [1.54, 1.807) is 26.2 Å². The van der Waals surface area contributed by atoms with Gasteiger partial charge in [-0.3, -0.25) is 4.79 Å². The second-order valence-electron chi connectivity index (χ2n) is 6.61. The SMILES string of the molecule is CN(C)C(=O)c1ccc(S(=O)(=O)N2CCNCC2c2cccc(F)c2)cc1. The normalized spacial score (nSPS) is 18.3. The van der Waals surface area contributed by atoms with Crippen LogP contribution in [-0.2, 0) is 10.0 Å². The Bertz CT molecular complexity index is 929. The summed E-state index contributed by atoms with van der Waals surface area (Å²) in [5.41, 5.74) is 1.02. The molecule has 1 aliphatic heterocycles. The first-order chi connectivity index (χ1) is 12.8. The average Bonchev–Trinajstić information content (AvgIpc) is 2.67. The summed E-state index contributed by atoms with van der Waals surface area (Å²) >= 11 is 0. The molecule has 1 atom stereocenters. The molecule has 2 aromatic rings. The molecule has 3 rings (SSSR count). The molecule has 1 aliphatic rings. The Hall–Kier alpha value is -2.29. The van der Waals surface area contributed by atoms with Gasteiger partial charge in [-0.15, -0.1) is 0 Å². The first kappa shape index (κ1) is 19.5. The first-order valence-electron chi connectivity index (χ1n) is 8.60. The molecule has 0 saturated carbocycles. The number of hydrogen-bond donors (Lipinski definition) is 1. The fourth-order valence-corrected chi connectivity index (χ4v) is 4.75. The fraction of sp³-hybridized carbons (Fsp3) is 0.316. The van der Waals surface area contributed by atoms with E-state index in [1.807, 2.05) is 0 Å². The zero-order chi connectivity index (χ0) is 19.6. The zero-order valence-electron chi connectivity index (χ0n) is 15.2. The van der Waals surface area contributed by atoms with Gasteiger partial charge in [0.05, 0.1) is 10.9 Å². The zero-order valence-corrected chi connectivity index (χ0v) is 16.0.